The first-order valence-corrected chi connectivity index (χ1v) is 7.87. The van der Waals surface area contributed by atoms with Crippen LogP contribution in [0.3, 0.4) is 0 Å². The standard InChI is InChI=1S/C15H25F3N2O/c1-10-3-2-8-14(19,9-10)13(21)20-12-6-4-11(5-7-12)15(16,17)18/h10-12H,2-9,19H2,1H3,(H,20,21). The highest BCUT2D eigenvalue weighted by molar-refractivity contribution is 5.86. The molecule has 0 aromatic heterocycles. The molecule has 0 bridgehead atoms. The van der Waals surface area contributed by atoms with Crippen LogP contribution >= 0.6 is 0 Å². The molecular weight excluding hydrogens is 281 g/mol. The monoisotopic (exact) mass is 306 g/mol. The van der Waals surface area contributed by atoms with Crippen LogP contribution in [0.5, 0.6) is 0 Å². The highest BCUT2D eigenvalue weighted by Gasteiger charge is 2.43. The Kier molecular flexibility index (Phi) is 4.85. The molecule has 0 heterocycles. The van der Waals surface area contributed by atoms with E-state index >= 15 is 0 Å². The van der Waals surface area contributed by atoms with Crippen LogP contribution in [0.15, 0.2) is 0 Å². The minimum absolute atomic E-state index is 0.0996. The summed E-state index contributed by atoms with van der Waals surface area (Å²) >= 11 is 0. The number of alkyl halides is 3. The molecule has 0 spiro atoms. The summed E-state index contributed by atoms with van der Waals surface area (Å²) in [5.74, 6) is -0.966. The lowest BCUT2D eigenvalue weighted by atomic mass is 9.76. The molecule has 2 fully saturated rings. The van der Waals surface area contributed by atoms with E-state index < -0.39 is 17.6 Å². The lowest BCUT2D eigenvalue weighted by Gasteiger charge is -2.38. The van der Waals surface area contributed by atoms with Gasteiger partial charge in [-0.05, 0) is 44.4 Å². The summed E-state index contributed by atoms with van der Waals surface area (Å²) in [6.45, 7) is 2.09. The Morgan fingerprint density at radius 2 is 1.81 bits per heavy atom. The summed E-state index contributed by atoms with van der Waals surface area (Å²) in [6.07, 6.45) is 0.226. The van der Waals surface area contributed by atoms with Gasteiger partial charge in [0.15, 0.2) is 0 Å². The first-order chi connectivity index (χ1) is 9.71. The number of hydrogen-bond donors (Lipinski definition) is 2. The third-order valence-corrected chi connectivity index (χ3v) is 5.01. The largest absolute Gasteiger partial charge is 0.391 e. The van der Waals surface area contributed by atoms with Gasteiger partial charge in [-0.3, -0.25) is 4.79 Å². The minimum Gasteiger partial charge on any atom is -0.352 e. The quantitative estimate of drug-likeness (QED) is 0.823. The first-order valence-electron chi connectivity index (χ1n) is 7.87. The van der Waals surface area contributed by atoms with Gasteiger partial charge in [0.1, 0.15) is 0 Å². The van der Waals surface area contributed by atoms with Crippen molar-refractivity contribution in [3.05, 3.63) is 0 Å². The lowest BCUT2D eigenvalue weighted by Crippen LogP contribution is -2.58. The van der Waals surface area contributed by atoms with Gasteiger partial charge in [0.2, 0.25) is 5.91 Å². The van der Waals surface area contributed by atoms with Crippen LogP contribution in [-0.2, 0) is 4.79 Å². The average molecular weight is 306 g/mol. The molecule has 122 valence electrons. The molecule has 2 atom stereocenters. The molecule has 1 amide bonds. The Bertz CT molecular complexity index is 378. The molecule has 6 heteroatoms. The third kappa shape index (κ3) is 4.11. The van der Waals surface area contributed by atoms with Crippen molar-refractivity contribution in [3.8, 4) is 0 Å². The molecule has 2 aliphatic rings. The summed E-state index contributed by atoms with van der Waals surface area (Å²) in [7, 11) is 0. The fourth-order valence-electron chi connectivity index (χ4n) is 3.69. The number of carbonyl (C=O) groups excluding carboxylic acids is 1. The number of nitrogens with one attached hydrogen (secondary N) is 1. The van der Waals surface area contributed by atoms with Crippen molar-refractivity contribution in [2.24, 2.45) is 17.6 Å². The normalized spacial score (nSPS) is 38.0. The van der Waals surface area contributed by atoms with Gasteiger partial charge in [-0.1, -0.05) is 19.8 Å². The topological polar surface area (TPSA) is 55.1 Å². The van der Waals surface area contributed by atoms with Gasteiger partial charge < -0.3 is 11.1 Å². The molecule has 21 heavy (non-hydrogen) atoms. The Balaban J connectivity index is 1.84. The maximum absolute atomic E-state index is 12.6. The van der Waals surface area contributed by atoms with Crippen molar-refractivity contribution < 1.29 is 18.0 Å². The van der Waals surface area contributed by atoms with Crippen LogP contribution in [0.2, 0.25) is 0 Å². The van der Waals surface area contributed by atoms with Crippen molar-refractivity contribution in [2.75, 3.05) is 0 Å². The Morgan fingerprint density at radius 1 is 1.19 bits per heavy atom. The lowest BCUT2D eigenvalue weighted by molar-refractivity contribution is -0.182. The molecule has 0 aromatic carbocycles. The molecule has 2 unspecified atom stereocenters. The average Bonchev–Trinajstić information content (AvgIpc) is 2.38. The van der Waals surface area contributed by atoms with E-state index in [9.17, 15) is 18.0 Å². The van der Waals surface area contributed by atoms with E-state index in [0.717, 1.165) is 12.8 Å². The van der Waals surface area contributed by atoms with E-state index in [1.807, 2.05) is 0 Å². The molecule has 0 radical (unpaired) electrons. The highest BCUT2D eigenvalue weighted by atomic mass is 19.4. The number of rotatable bonds is 2. The van der Waals surface area contributed by atoms with Crippen LogP contribution in [-0.4, -0.2) is 23.7 Å². The number of hydrogen-bond acceptors (Lipinski definition) is 2. The summed E-state index contributed by atoms with van der Waals surface area (Å²) in [5.41, 5.74) is 5.38. The van der Waals surface area contributed by atoms with E-state index in [0.29, 0.717) is 31.6 Å². The molecule has 0 saturated heterocycles. The van der Waals surface area contributed by atoms with Crippen molar-refractivity contribution >= 4 is 5.91 Å². The predicted molar refractivity (Wildman–Crippen MR) is 74.5 cm³/mol. The molecule has 3 N–H and O–H groups in total. The Hall–Kier alpha value is -0.780. The second-order valence-corrected chi connectivity index (χ2v) is 6.92. The molecular formula is C15H25F3N2O. The SMILES string of the molecule is CC1CCCC(N)(C(=O)NC2CCC(C(F)(F)F)CC2)C1. The maximum Gasteiger partial charge on any atom is 0.391 e. The van der Waals surface area contributed by atoms with Crippen LogP contribution < -0.4 is 11.1 Å². The second-order valence-electron chi connectivity index (χ2n) is 6.92. The van der Waals surface area contributed by atoms with Gasteiger partial charge >= 0.3 is 6.18 Å². The van der Waals surface area contributed by atoms with Gasteiger partial charge in [0.05, 0.1) is 11.5 Å². The molecule has 2 rings (SSSR count). The van der Waals surface area contributed by atoms with Crippen molar-refractivity contribution in [3.63, 3.8) is 0 Å². The maximum atomic E-state index is 12.6. The number of nitrogens with two attached hydrogens (primary N) is 1. The summed E-state index contributed by atoms with van der Waals surface area (Å²) in [5, 5.41) is 2.89. The van der Waals surface area contributed by atoms with Gasteiger partial charge in [0, 0.05) is 6.04 Å². The summed E-state index contributed by atoms with van der Waals surface area (Å²) in [6, 6.07) is -0.159. The molecule has 2 saturated carbocycles. The van der Waals surface area contributed by atoms with Crippen molar-refractivity contribution in [1.29, 1.82) is 0 Å². The number of halogens is 3. The zero-order valence-electron chi connectivity index (χ0n) is 12.5. The molecule has 0 aliphatic heterocycles. The van der Waals surface area contributed by atoms with Crippen LogP contribution in [0, 0.1) is 11.8 Å². The van der Waals surface area contributed by atoms with Gasteiger partial charge in [-0.25, -0.2) is 0 Å². The van der Waals surface area contributed by atoms with Gasteiger partial charge in [-0.15, -0.1) is 0 Å². The molecule has 2 aliphatic carbocycles. The Labute approximate surface area is 123 Å². The minimum atomic E-state index is -4.11. The van der Waals surface area contributed by atoms with E-state index in [4.69, 9.17) is 5.73 Å². The Morgan fingerprint density at radius 3 is 2.33 bits per heavy atom. The van der Waals surface area contributed by atoms with E-state index in [2.05, 4.69) is 12.2 Å². The zero-order chi connectivity index (χ0) is 15.7. The van der Waals surface area contributed by atoms with Gasteiger partial charge in [0.25, 0.3) is 0 Å². The van der Waals surface area contributed by atoms with Gasteiger partial charge in [-0.2, -0.15) is 13.2 Å². The zero-order valence-corrected chi connectivity index (χ0v) is 12.5. The summed E-state index contributed by atoms with van der Waals surface area (Å²) < 4.78 is 37.9. The highest BCUT2D eigenvalue weighted by Crippen LogP contribution is 2.38. The van der Waals surface area contributed by atoms with E-state index in [1.54, 1.807) is 0 Å². The van der Waals surface area contributed by atoms with Crippen molar-refractivity contribution in [2.45, 2.75) is 76.0 Å². The third-order valence-electron chi connectivity index (χ3n) is 5.01. The number of carbonyl (C=O) groups is 1. The van der Waals surface area contributed by atoms with Crippen LogP contribution in [0.4, 0.5) is 13.2 Å². The van der Waals surface area contributed by atoms with Crippen LogP contribution in [0.25, 0.3) is 0 Å². The number of amides is 1. The van der Waals surface area contributed by atoms with Crippen molar-refractivity contribution in [1.82, 2.24) is 5.32 Å². The molecule has 0 aromatic rings. The fraction of sp³-hybridized carbons (Fsp3) is 0.933. The van der Waals surface area contributed by atoms with E-state index in [-0.39, 0.29) is 24.8 Å². The molecule has 3 nitrogen and oxygen atoms in total. The summed E-state index contributed by atoms with van der Waals surface area (Å²) in [4.78, 5) is 12.4. The second kappa shape index (κ2) is 6.15. The predicted octanol–water partition coefficient (Wildman–Crippen LogP) is 3.13. The fourth-order valence-corrected chi connectivity index (χ4v) is 3.69. The first kappa shape index (κ1) is 16.6. The van der Waals surface area contributed by atoms with Crippen LogP contribution in [0.1, 0.15) is 58.3 Å². The smallest absolute Gasteiger partial charge is 0.352 e. The van der Waals surface area contributed by atoms with E-state index in [1.165, 1.54) is 0 Å².